The van der Waals surface area contributed by atoms with Gasteiger partial charge in [0, 0.05) is 25.9 Å². The van der Waals surface area contributed by atoms with Crippen LogP contribution in [0.5, 0.6) is 0 Å². The van der Waals surface area contributed by atoms with E-state index >= 15 is 0 Å². The molecule has 0 radical (unpaired) electrons. The Morgan fingerprint density at radius 3 is 3.11 bits per heavy atom. The molecule has 1 aliphatic rings. The molecule has 1 aromatic heterocycles. The number of pyridine rings is 1. The molecule has 1 unspecified atom stereocenters. The molecule has 5 heteroatoms. The highest BCUT2D eigenvalue weighted by Gasteiger charge is 2.23. The third-order valence-electron chi connectivity index (χ3n) is 3.76. The molecule has 19 heavy (non-hydrogen) atoms. The van der Waals surface area contributed by atoms with E-state index in [4.69, 9.17) is 16.2 Å². The molecular weight excluding hydrogens is 240 g/mol. The van der Waals surface area contributed by atoms with Crippen molar-refractivity contribution in [3.05, 3.63) is 23.4 Å². The minimum absolute atomic E-state index is 0.0740. The van der Waals surface area contributed by atoms with Crippen LogP contribution < -0.4 is 10.6 Å². The Labute approximate surface area is 114 Å². The Bertz CT molecular complexity index is 459. The third-order valence-corrected chi connectivity index (χ3v) is 3.76. The highest BCUT2D eigenvalue weighted by atomic mass is 16.3. The molecule has 0 aliphatic carbocycles. The maximum absolute atomic E-state index is 9.07. The summed E-state index contributed by atoms with van der Waals surface area (Å²) >= 11 is 0. The summed E-state index contributed by atoms with van der Waals surface area (Å²) in [6.45, 7) is 4.02. The number of nitrogens with zero attached hydrogens (tertiary/aromatic N) is 2. The molecule has 2 rings (SSSR count). The number of aliphatic hydroxyl groups is 1. The van der Waals surface area contributed by atoms with E-state index in [0.29, 0.717) is 5.92 Å². The summed E-state index contributed by atoms with van der Waals surface area (Å²) in [4.78, 5) is 6.62. The molecular formula is C14H22N4O. The van der Waals surface area contributed by atoms with Crippen molar-refractivity contribution >= 4 is 11.7 Å². The molecule has 0 saturated carbocycles. The molecule has 0 bridgehead atoms. The van der Waals surface area contributed by atoms with E-state index in [0.717, 1.165) is 49.3 Å². The van der Waals surface area contributed by atoms with E-state index < -0.39 is 0 Å². The lowest BCUT2D eigenvalue weighted by atomic mass is 9.94. The van der Waals surface area contributed by atoms with Crippen LogP contribution in [0.3, 0.4) is 0 Å². The highest BCUT2D eigenvalue weighted by Crippen LogP contribution is 2.27. The number of aliphatic hydroxyl groups excluding tert-OH is 1. The van der Waals surface area contributed by atoms with Gasteiger partial charge in [0.05, 0.1) is 5.56 Å². The Hall–Kier alpha value is -1.62. The lowest BCUT2D eigenvalue weighted by Crippen LogP contribution is -2.37. The van der Waals surface area contributed by atoms with Crippen molar-refractivity contribution in [1.29, 1.82) is 5.41 Å². The molecule has 5 nitrogen and oxygen atoms in total. The first kappa shape index (κ1) is 13.8. The number of hydrogen-bond donors (Lipinski definition) is 3. The van der Waals surface area contributed by atoms with E-state index in [1.807, 2.05) is 13.0 Å². The molecule has 1 aliphatic heterocycles. The van der Waals surface area contributed by atoms with Crippen LogP contribution in [0.25, 0.3) is 0 Å². The second-order valence-electron chi connectivity index (χ2n) is 5.21. The lowest BCUT2D eigenvalue weighted by molar-refractivity contribution is 0.244. The topological polar surface area (TPSA) is 86.2 Å². The van der Waals surface area contributed by atoms with Gasteiger partial charge in [-0.2, -0.15) is 0 Å². The van der Waals surface area contributed by atoms with E-state index in [1.54, 1.807) is 6.20 Å². The summed E-state index contributed by atoms with van der Waals surface area (Å²) in [6.07, 6.45) is 4.85. The summed E-state index contributed by atoms with van der Waals surface area (Å²) in [7, 11) is 0. The van der Waals surface area contributed by atoms with E-state index in [2.05, 4.69) is 9.88 Å². The molecule has 0 aromatic carbocycles. The van der Waals surface area contributed by atoms with Crippen molar-refractivity contribution in [2.45, 2.75) is 26.2 Å². The first-order valence-corrected chi connectivity index (χ1v) is 6.79. The van der Waals surface area contributed by atoms with Crippen molar-refractivity contribution in [3.63, 3.8) is 0 Å². The van der Waals surface area contributed by atoms with Gasteiger partial charge >= 0.3 is 0 Å². The predicted octanol–water partition coefficient (Wildman–Crippen LogP) is 1.27. The summed E-state index contributed by atoms with van der Waals surface area (Å²) in [5.41, 5.74) is 7.42. The second-order valence-corrected chi connectivity index (χ2v) is 5.21. The van der Waals surface area contributed by atoms with Crippen LogP contribution in [0.15, 0.2) is 12.3 Å². The molecule has 104 valence electrons. The van der Waals surface area contributed by atoms with E-state index in [1.165, 1.54) is 0 Å². The van der Waals surface area contributed by atoms with Gasteiger partial charge in [-0.1, -0.05) is 0 Å². The summed E-state index contributed by atoms with van der Waals surface area (Å²) in [5, 5.41) is 16.8. The normalized spacial score (nSPS) is 19.5. The van der Waals surface area contributed by atoms with Crippen molar-refractivity contribution in [1.82, 2.24) is 4.98 Å². The number of nitrogen functional groups attached to an aromatic ring is 1. The maximum atomic E-state index is 9.07. The molecule has 4 N–H and O–H groups in total. The standard InChI is InChI=1S/C14H22N4O/c1-10-4-6-17-14(12(10)13(15)16)18-7-2-3-11(9-18)5-8-19/h4,6,11,19H,2-3,5,7-9H2,1H3,(H3,15,16). The number of anilines is 1. The zero-order valence-electron chi connectivity index (χ0n) is 11.4. The number of amidine groups is 1. The zero-order valence-corrected chi connectivity index (χ0v) is 11.4. The number of hydrogen-bond acceptors (Lipinski definition) is 4. The minimum atomic E-state index is 0.0740. The summed E-state index contributed by atoms with van der Waals surface area (Å²) in [6, 6.07) is 1.88. The van der Waals surface area contributed by atoms with Gasteiger partial charge in [-0.05, 0) is 43.7 Å². The predicted molar refractivity (Wildman–Crippen MR) is 76.6 cm³/mol. The Morgan fingerprint density at radius 2 is 2.42 bits per heavy atom. The molecule has 2 heterocycles. The molecule has 1 atom stereocenters. The van der Waals surface area contributed by atoms with Crippen molar-refractivity contribution in [2.24, 2.45) is 11.7 Å². The molecule has 0 spiro atoms. The second kappa shape index (κ2) is 6.02. The fourth-order valence-electron chi connectivity index (χ4n) is 2.79. The molecule has 0 amide bonds. The van der Waals surface area contributed by atoms with E-state index in [-0.39, 0.29) is 12.4 Å². The van der Waals surface area contributed by atoms with Gasteiger partial charge in [0.15, 0.2) is 0 Å². The van der Waals surface area contributed by atoms with Crippen LogP contribution in [0.2, 0.25) is 0 Å². The summed E-state index contributed by atoms with van der Waals surface area (Å²) < 4.78 is 0. The first-order valence-electron chi connectivity index (χ1n) is 6.79. The Balaban J connectivity index is 2.26. The smallest absolute Gasteiger partial charge is 0.139 e. The van der Waals surface area contributed by atoms with Crippen LogP contribution in [0.1, 0.15) is 30.4 Å². The van der Waals surface area contributed by atoms with Crippen molar-refractivity contribution < 1.29 is 5.11 Å². The number of rotatable bonds is 4. The fourth-order valence-corrected chi connectivity index (χ4v) is 2.79. The van der Waals surface area contributed by atoms with Gasteiger partial charge in [-0.25, -0.2) is 4.98 Å². The lowest BCUT2D eigenvalue weighted by Gasteiger charge is -2.34. The van der Waals surface area contributed by atoms with Crippen LogP contribution >= 0.6 is 0 Å². The van der Waals surface area contributed by atoms with Gasteiger partial charge < -0.3 is 15.7 Å². The number of aromatic nitrogens is 1. The number of piperidine rings is 1. The molecule has 1 fully saturated rings. The first-order chi connectivity index (χ1) is 9.13. The average molecular weight is 262 g/mol. The monoisotopic (exact) mass is 262 g/mol. The molecule has 1 aromatic rings. The highest BCUT2D eigenvalue weighted by molar-refractivity contribution is 6.01. The number of aryl methyl sites for hydroxylation is 1. The quantitative estimate of drug-likeness (QED) is 0.563. The minimum Gasteiger partial charge on any atom is -0.396 e. The van der Waals surface area contributed by atoms with Crippen LogP contribution in [0, 0.1) is 18.3 Å². The Morgan fingerprint density at radius 1 is 1.63 bits per heavy atom. The Kier molecular flexibility index (Phi) is 4.37. The zero-order chi connectivity index (χ0) is 13.8. The van der Waals surface area contributed by atoms with Gasteiger partial charge in [0.1, 0.15) is 11.7 Å². The average Bonchev–Trinajstić information content (AvgIpc) is 2.38. The number of nitrogens with two attached hydrogens (primary N) is 1. The summed E-state index contributed by atoms with van der Waals surface area (Å²) in [5.74, 6) is 1.39. The van der Waals surface area contributed by atoms with Gasteiger partial charge in [-0.3, -0.25) is 5.41 Å². The third kappa shape index (κ3) is 3.04. The van der Waals surface area contributed by atoms with Crippen LogP contribution in [-0.2, 0) is 0 Å². The van der Waals surface area contributed by atoms with Crippen LogP contribution in [-0.4, -0.2) is 35.6 Å². The van der Waals surface area contributed by atoms with Crippen molar-refractivity contribution in [3.8, 4) is 0 Å². The van der Waals surface area contributed by atoms with E-state index in [9.17, 15) is 0 Å². The largest absolute Gasteiger partial charge is 0.396 e. The van der Waals surface area contributed by atoms with Crippen molar-refractivity contribution in [2.75, 3.05) is 24.6 Å². The van der Waals surface area contributed by atoms with Gasteiger partial charge in [0.25, 0.3) is 0 Å². The number of nitrogens with one attached hydrogen (secondary N) is 1. The SMILES string of the molecule is Cc1ccnc(N2CCCC(CCO)C2)c1C(=N)N. The molecule has 1 saturated heterocycles. The van der Waals surface area contributed by atoms with Gasteiger partial charge in [0.2, 0.25) is 0 Å². The van der Waals surface area contributed by atoms with Gasteiger partial charge in [-0.15, -0.1) is 0 Å². The van der Waals surface area contributed by atoms with Crippen LogP contribution in [0.4, 0.5) is 5.82 Å². The maximum Gasteiger partial charge on any atom is 0.139 e. The fraction of sp³-hybridized carbons (Fsp3) is 0.571.